The van der Waals surface area contributed by atoms with Crippen molar-refractivity contribution >= 4 is 16.6 Å². The molecule has 2 aliphatic carbocycles. The van der Waals surface area contributed by atoms with Gasteiger partial charge in [-0.2, -0.15) is 0 Å². The van der Waals surface area contributed by atoms with Crippen LogP contribution >= 0.6 is 0 Å². The van der Waals surface area contributed by atoms with Gasteiger partial charge in [0.1, 0.15) is 0 Å². The number of aromatic nitrogens is 1. The Morgan fingerprint density at radius 3 is 2.46 bits per heavy atom. The molecular weight excluding hydrogens is 496 g/mol. The van der Waals surface area contributed by atoms with Crippen LogP contribution in [0.15, 0.2) is 139 Å². The van der Waals surface area contributed by atoms with E-state index < -0.39 is 0 Å². The SMILES string of the molecule is C=C/C=C\C=C(/C)C1=NC2C=CC=CC2C1c1ccc(-c2c3c(nc4ccccc24)-c2ccccc2C3(C)C)cc1. The number of aliphatic imine (C=N–C) groups is 1. The largest absolute Gasteiger partial charge is 0.281 e. The zero-order valence-corrected chi connectivity index (χ0v) is 23.9. The number of pyridine rings is 1. The molecular formula is C39H34N2. The van der Waals surface area contributed by atoms with Gasteiger partial charge in [-0.3, -0.25) is 4.99 Å². The number of hydrogen-bond acceptors (Lipinski definition) is 2. The molecule has 0 bridgehead atoms. The van der Waals surface area contributed by atoms with Crippen LogP contribution in [0.3, 0.4) is 0 Å². The van der Waals surface area contributed by atoms with Gasteiger partial charge in [0.25, 0.3) is 0 Å². The maximum Gasteiger partial charge on any atom is 0.0759 e. The van der Waals surface area contributed by atoms with Gasteiger partial charge in [-0.25, -0.2) is 4.98 Å². The third-order valence-electron chi connectivity index (χ3n) is 9.04. The van der Waals surface area contributed by atoms with Gasteiger partial charge >= 0.3 is 0 Å². The van der Waals surface area contributed by atoms with Crippen LogP contribution in [0.4, 0.5) is 0 Å². The molecule has 0 N–H and O–H groups in total. The van der Waals surface area contributed by atoms with Crippen molar-refractivity contribution in [3.05, 3.63) is 150 Å². The van der Waals surface area contributed by atoms with E-state index in [1.807, 2.05) is 12.2 Å². The summed E-state index contributed by atoms with van der Waals surface area (Å²) < 4.78 is 0. The topological polar surface area (TPSA) is 25.2 Å². The van der Waals surface area contributed by atoms with Gasteiger partial charge in [-0.05, 0) is 46.4 Å². The molecule has 3 aliphatic rings. The highest BCUT2D eigenvalue weighted by atomic mass is 14.9. The van der Waals surface area contributed by atoms with Crippen LogP contribution in [0.2, 0.25) is 0 Å². The van der Waals surface area contributed by atoms with Crippen molar-refractivity contribution in [1.29, 1.82) is 0 Å². The summed E-state index contributed by atoms with van der Waals surface area (Å²) in [4.78, 5) is 10.4. The molecule has 3 unspecified atom stereocenters. The van der Waals surface area contributed by atoms with Gasteiger partial charge in [0.2, 0.25) is 0 Å². The van der Waals surface area contributed by atoms with Crippen LogP contribution in [-0.4, -0.2) is 16.7 Å². The molecule has 2 heterocycles. The minimum absolute atomic E-state index is 0.143. The molecule has 2 heteroatoms. The lowest BCUT2D eigenvalue weighted by atomic mass is 9.77. The Morgan fingerprint density at radius 1 is 0.878 bits per heavy atom. The van der Waals surface area contributed by atoms with E-state index in [-0.39, 0.29) is 17.4 Å². The maximum absolute atomic E-state index is 5.22. The van der Waals surface area contributed by atoms with Gasteiger partial charge < -0.3 is 0 Å². The Balaban J connectivity index is 1.36. The highest BCUT2D eigenvalue weighted by molar-refractivity contribution is 6.07. The molecule has 7 rings (SSSR count). The van der Waals surface area contributed by atoms with Crippen molar-refractivity contribution < 1.29 is 0 Å². The average Bonchev–Trinajstić information content (AvgIpc) is 3.50. The average molecular weight is 531 g/mol. The number of allylic oxidation sites excluding steroid dienone is 7. The zero-order valence-electron chi connectivity index (χ0n) is 23.9. The van der Waals surface area contributed by atoms with Crippen LogP contribution in [-0.2, 0) is 5.41 Å². The van der Waals surface area contributed by atoms with Crippen molar-refractivity contribution in [3.8, 4) is 22.4 Å². The van der Waals surface area contributed by atoms with E-state index in [0.717, 1.165) is 11.2 Å². The van der Waals surface area contributed by atoms with Crippen LogP contribution in [0.5, 0.6) is 0 Å². The molecule has 3 atom stereocenters. The number of hydrogen-bond donors (Lipinski definition) is 0. The third kappa shape index (κ3) is 4.01. The molecule has 3 aromatic carbocycles. The lowest BCUT2D eigenvalue weighted by molar-refractivity contribution is 0.583. The lowest BCUT2D eigenvalue weighted by Gasteiger charge is -2.26. The summed E-state index contributed by atoms with van der Waals surface area (Å²) in [5.41, 5.74) is 12.1. The zero-order chi connectivity index (χ0) is 28.1. The molecule has 2 nitrogen and oxygen atoms in total. The van der Waals surface area contributed by atoms with Crippen LogP contribution in [0.25, 0.3) is 33.3 Å². The van der Waals surface area contributed by atoms with Gasteiger partial charge in [0.15, 0.2) is 0 Å². The minimum atomic E-state index is -0.143. The fourth-order valence-electron chi connectivity index (χ4n) is 7.11. The second kappa shape index (κ2) is 9.82. The Kier molecular flexibility index (Phi) is 6.08. The van der Waals surface area contributed by atoms with Gasteiger partial charge in [0, 0.05) is 33.9 Å². The summed E-state index contributed by atoms with van der Waals surface area (Å²) >= 11 is 0. The first kappa shape index (κ1) is 25.4. The fourth-order valence-corrected chi connectivity index (χ4v) is 7.11. The quantitative estimate of drug-likeness (QED) is 0.236. The van der Waals surface area contributed by atoms with E-state index in [2.05, 4.69) is 131 Å². The lowest BCUT2D eigenvalue weighted by Crippen LogP contribution is -2.21. The summed E-state index contributed by atoms with van der Waals surface area (Å²) in [5.74, 6) is 0.538. The Bertz CT molecular complexity index is 1840. The monoisotopic (exact) mass is 530 g/mol. The maximum atomic E-state index is 5.22. The van der Waals surface area contributed by atoms with E-state index in [9.17, 15) is 0 Å². The number of nitrogens with zero attached hydrogens (tertiary/aromatic N) is 2. The molecule has 1 aromatic heterocycles. The molecule has 0 saturated heterocycles. The molecule has 41 heavy (non-hydrogen) atoms. The molecule has 200 valence electrons. The second-order valence-electron chi connectivity index (χ2n) is 11.8. The van der Waals surface area contributed by atoms with E-state index in [4.69, 9.17) is 9.98 Å². The second-order valence-corrected chi connectivity index (χ2v) is 11.8. The normalized spacial score (nSPS) is 22.1. The highest BCUT2D eigenvalue weighted by Crippen LogP contribution is 2.53. The molecule has 0 saturated carbocycles. The van der Waals surface area contributed by atoms with Gasteiger partial charge in [-0.15, -0.1) is 0 Å². The number of para-hydroxylation sites is 1. The van der Waals surface area contributed by atoms with Crippen molar-refractivity contribution in [1.82, 2.24) is 4.98 Å². The van der Waals surface area contributed by atoms with E-state index >= 15 is 0 Å². The van der Waals surface area contributed by atoms with Crippen molar-refractivity contribution in [3.63, 3.8) is 0 Å². The van der Waals surface area contributed by atoms with E-state index in [1.165, 1.54) is 50.1 Å². The van der Waals surface area contributed by atoms with Crippen LogP contribution < -0.4 is 0 Å². The smallest absolute Gasteiger partial charge is 0.0759 e. The molecule has 4 aromatic rings. The summed E-state index contributed by atoms with van der Waals surface area (Å²) in [7, 11) is 0. The number of rotatable bonds is 5. The first-order valence-corrected chi connectivity index (χ1v) is 14.5. The molecule has 0 radical (unpaired) electrons. The van der Waals surface area contributed by atoms with Crippen LogP contribution in [0.1, 0.15) is 43.4 Å². The number of fused-ring (bicyclic) bond motifs is 5. The Hall–Kier alpha value is -4.56. The molecule has 0 amide bonds. The minimum Gasteiger partial charge on any atom is -0.281 e. The van der Waals surface area contributed by atoms with E-state index in [1.54, 1.807) is 6.08 Å². The summed E-state index contributed by atoms with van der Waals surface area (Å²) in [5, 5.41) is 1.20. The summed E-state index contributed by atoms with van der Waals surface area (Å²) in [6.45, 7) is 10.7. The molecule has 1 aliphatic heterocycles. The van der Waals surface area contributed by atoms with Crippen molar-refractivity contribution in [2.24, 2.45) is 10.9 Å². The standard InChI is InChI=1S/C39H34N2/c1-5-6-7-14-25(2)37-35(30-17-10-13-20-33(30)40-37)27-23-21-26(22-24-27)34-29-16-9-12-19-32(29)41-38-28-15-8-11-18-31(28)39(3,4)36(34)38/h5-24,30,33,35H,1H2,2-4H3/b7-6-,25-14+. The molecule has 0 spiro atoms. The van der Waals surface area contributed by atoms with Gasteiger partial charge in [-0.1, -0.05) is 136 Å². The van der Waals surface area contributed by atoms with Crippen LogP contribution in [0, 0.1) is 5.92 Å². The number of benzene rings is 3. The predicted molar refractivity (Wildman–Crippen MR) is 174 cm³/mol. The predicted octanol–water partition coefficient (Wildman–Crippen LogP) is 9.55. The highest BCUT2D eigenvalue weighted by Gasteiger charge is 2.40. The molecule has 0 fully saturated rings. The summed E-state index contributed by atoms with van der Waals surface area (Å²) in [6, 6.07) is 26.8. The Labute approximate surface area is 242 Å². The third-order valence-corrected chi connectivity index (χ3v) is 9.04. The van der Waals surface area contributed by atoms with E-state index in [0.29, 0.717) is 5.92 Å². The van der Waals surface area contributed by atoms with Crippen molar-refractivity contribution in [2.45, 2.75) is 38.1 Å². The first-order valence-electron chi connectivity index (χ1n) is 14.5. The fraction of sp³-hybridized carbons (Fsp3) is 0.179. The Morgan fingerprint density at radius 2 is 1.63 bits per heavy atom. The van der Waals surface area contributed by atoms with Crippen molar-refractivity contribution in [2.75, 3.05) is 0 Å². The van der Waals surface area contributed by atoms with Gasteiger partial charge in [0.05, 0.1) is 17.3 Å². The first-order chi connectivity index (χ1) is 20.0. The summed E-state index contributed by atoms with van der Waals surface area (Å²) in [6.07, 6.45) is 16.8.